The van der Waals surface area contributed by atoms with Gasteiger partial charge in [0.15, 0.2) is 17.8 Å². The Labute approximate surface area is 216 Å². The Morgan fingerprint density at radius 2 is 1.89 bits per heavy atom. The second kappa shape index (κ2) is 11.1. The van der Waals surface area contributed by atoms with E-state index in [1.165, 1.54) is 10.9 Å². The number of anilines is 1. The van der Waals surface area contributed by atoms with E-state index in [1.807, 2.05) is 37.3 Å². The first-order valence-electron chi connectivity index (χ1n) is 11.2. The van der Waals surface area contributed by atoms with Crippen LogP contribution in [0.2, 0.25) is 5.15 Å². The number of fused-ring (bicyclic) bond motifs is 1. The minimum Gasteiger partial charge on any atom is -0.387 e. The molecule has 2 aromatic heterocycles. The van der Waals surface area contributed by atoms with E-state index in [9.17, 15) is 24.2 Å². The largest absolute Gasteiger partial charge is 0.387 e. The molecule has 0 aliphatic carbocycles. The summed E-state index contributed by atoms with van der Waals surface area (Å²) in [5, 5.41) is 29.4. The molecule has 0 spiro atoms. The maximum absolute atomic E-state index is 11.9. The van der Waals surface area contributed by atoms with E-state index in [2.05, 4.69) is 15.4 Å². The molecule has 1 aromatic carbocycles. The number of aromatic nitrogens is 3. The zero-order valence-corrected chi connectivity index (χ0v) is 22.1. The summed E-state index contributed by atoms with van der Waals surface area (Å²) in [5.41, 5.74) is 2.05. The zero-order valence-electron chi connectivity index (χ0n) is 19.5. The van der Waals surface area contributed by atoms with Gasteiger partial charge in [-0.05, 0) is 25.0 Å². The van der Waals surface area contributed by atoms with E-state index >= 15 is 0 Å². The molecule has 3 aromatic rings. The van der Waals surface area contributed by atoms with Crippen LogP contribution in [0.15, 0.2) is 42.6 Å². The van der Waals surface area contributed by atoms with Gasteiger partial charge in [0.25, 0.3) is 0 Å². The van der Waals surface area contributed by atoms with Gasteiger partial charge >= 0.3 is 15.2 Å². The van der Waals surface area contributed by atoms with Crippen LogP contribution in [0.25, 0.3) is 11.0 Å². The lowest BCUT2D eigenvalue weighted by Gasteiger charge is -2.18. The average molecular weight is 577 g/mol. The van der Waals surface area contributed by atoms with Crippen molar-refractivity contribution in [1.82, 2.24) is 14.8 Å². The van der Waals surface area contributed by atoms with Gasteiger partial charge in [0, 0.05) is 6.04 Å². The highest BCUT2D eigenvalue weighted by Gasteiger charge is 2.46. The number of nitrogens with one attached hydrogen (secondary N) is 1. The minimum atomic E-state index is -4.83. The first kappa shape index (κ1) is 28.1. The van der Waals surface area contributed by atoms with Crippen LogP contribution in [-0.2, 0) is 24.8 Å². The molecule has 1 aliphatic rings. The number of aliphatic hydroxyl groups excluding tert-OH is 2. The van der Waals surface area contributed by atoms with Crippen LogP contribution in [0.5, 0.6) is 0 Å². The van der Waals surface area contributed by atoms with Crippen molar-refractivity contribution >= 4 is 43.5 Å². The van der Waals surface area contributed by atoms with Crippen LogP contribution < -0.4 is 5.32 Å². The Morgan fingerprint density at radius 3 is 2.57 bits per heavy atom. The first-order valence-corrected chi connectivity index (χ1v) is 15.1. The van der Waals surface area contributed by atoms with Crippen molar-refractivity contribution in [2.24, 2.45) is 0 Å². The zero-order chi connectivity index (χ0) is 27.0. The molecule has 3 heterocycles. The molecule has 4 rings (SSSR count). The van der Waals surface area contributed by atoms with E-state index in [0.29, 0.717) is 11.1 Å². The van der Waals surface area contributed by atoms with E-state index in [-0.39, 0.29) is 16.8 Å². The standard InChI is InChI=1S/C21H27ClN4O9P2/c1-12(7-13-5-3-2-4-6-13)24-15-8-17(22)25-20-14(15)9-23-26(20)21-19(28)18(27)16(35-21)10-34-37(32,33)11-36(29,30)31/h2-6,8-9,12,16,18-19,21,27-28H,7,10-11H2,1H3,(H,24,25)(H,32,33)(H2,29,30,31)/t12-,16+,18+,19+,21+/m0/s1. The second-order valence-electron chi connectivity index (χ2n) is 8.84. The van der Waals surface area contributed by atoms with Crippen molar-refractivity contribution < 1.29 is 43.3 Å². The summed E-state index contributed by atoms with van der Waals surface area (Å²) in [5.74, 6) is -1.39. The summed E-state index contributed by atoms with van der Waals surface area (Å²) in [7, 11) is -9.51. The molecule has 0 saturated carbocycles. The number of benzene rings is 1. The van der Waals surface area contributed by atoms with Gasteiger partial charge in [0.2, 0.25) is 0 Å². The van der Waals surface area contributed by atoms with E-state index < -0.39 is 52.2 Å². The molecular formula is C21H27ClN4O9P2. The third kappa shape index (κ3) is 6.96. The van der Waals surface area contributed by atoms with Gasteiger partial charge in [-0.1, -0.05) is 41.9 Å². The molecule has 202 valence electrons. The number of hydrogen-bond donors (Lipinski definition) is 6. The number of rotatable bonds is 10. The summed E-state index contributed by atoms with van der Waals surface area (Å²) >= 11 is 6.26. The third-order valence-electron chi connectivity index (χ3n) is 5.70. The average Bonchev–Trinajstić information content (AvgIpc) is 3.32. The number of ether oxygens (including phenoxy) is 1. The first-order chi connectivity index (χ1) is 17.3. The molecule has 16 heteroatoms. The Kier molecular flexibility index (Phi) is 8.42. The maximum atomic E-state index is 11.9. The topological polar surface area (TPSA) is 196 Å². The third-order valence-corrected chi connectivity index (χ3v) is 9.35. The van der Waals surface area contributed by atoms with Gasteiger partial charge in [-0.2, -0.15) is 5.10 Å². The van der Waals surface area contributed by atoms with Crippen molar-refractivity contribution in [2.45, 2.75) is 43.9 Å². The van der Waals surface area contributed by atoms with Crippen LogP contribution in [-0.4, -0.2) is 76.5 Å². The fourth-order valence-electron chi connectivity index (χ4n) is 4.11. The molecule has 0 bridgehead atoms. The Balaban J connectivity index is 1.51. The number of hydrogen-bond acceptors (Lipinski definition) is 9. The molecule has 13 nitrogen and oxygen atoms in total. The predicted molar refractivity (Wildman–Crippen MR) is 134 cm³/mol. The normalized spacial score (nSPS) is 24.7. The number of pyridine rings is 1. The van der Waals surface area contributed by atoms with E-state index in [0.717, 1.165) is 12.0 Å². The minimum absolute atomic E-state index is 0.0198. The number of nitrogens with zero attached hydrogens (tertiary/aromatic N) is 3. The monoisotopic (exact) mass is 576 g/mol. The van der Waals surface area contributed by atoms with Crippen molar-refractivity contribution in [1.29, 1.82) is 0 Å². The van der Waals surface area contributed by atoms with Gasteiger partial charge in [0.1, 0.15) is 23.5 Å². The van der Waals surface area contributed by atoms with E-state index in [1.54, 1.807) is 6.07 Å². The van der Waals surface area contributed by atoms with E-state index in [4.69, 9.17) is 30.6 Å². The lowest BCUT2D eigenvalue weighted by molar-refractivity contribution is -0.0541. The highest BCUT2D eigenvalue weighted by atomic mass is 35.5. The molecule has 1 aliphatic heterocycles. The smallest absolute Gasteiger partial charge is 0.340 e. The SMILES string of the molecule is C[C@@H](Cc1ccccc1)Nc1cc(Cl)nc2c1cnn2[C@@H]1O[C@H](COP(=O)(O)CP(=O)(O)O)[C@@H](O)[C@H]1O. The molecule has 1 saturated heterocycles. The van der Waals surface area contributed by atoms with Gasteiger partial charge in [-0.15, -0.1) is 0 Å². The summed E-state index contributed by atoms with van der Waals surface area (Å²) in [6, 6.07) is 11.6. The fraction of sp³-hybridized carbons (Fsp3) is 0.429. The molecule has 1 unspecified atom stereocenters. The van der Waals surface area contributed by atoms with Crippen molar-refractivity contribution in [3.8, 4) is 0 Å². The van der Waals surface area contributed by atoms with Crippen LogP contribution in [0.3, 0.4) is 0 Å². The number of aliphatic hydroxyl groups is 2. The summed E-state index contributed by atoms with van der Waals surface area (Å²) in [6.45, 7) is 1.30. The quantitative estimate of drug-likeness (QED) is 0.152. The molecule has 6 atom stereocenters. The summed E-state index contributed by atoms with van der Waals surface area (Å²) in [4.78, 5) is 31.8. The van der Waals surface area contributed by atoms with Gasteiger partial charge in [-0.25, -0.2) is 9.67 Å². The maximum Gasteiger partial charge on any atom is 0.340 e. The predicted octanol–water partition coefficient (Wildman–Crippen LogP) is 2.08. The molecule has 1 fully saturated rings. The highest BCUT2D eigenvalue weighted by molar-refractivity contribution is 7.70. The van der Waals surface area contributed by atoms with Crippen molar-refractivity contribution in [2.75, 3.05) is 17.8 Å². The number of halogens is 1. The van der Waals surface area contributed by atoms with Crippen LogP contribution >= 0.6 is 26.8 Å². The second-order valence-corrected chi connectivity index (χ2v) is 13.2. The summed E-state index contributed by atoms with van der Waals surface area (Å²) < 4.78 is 34.6. The molecule has 37 heavy (non-hydrogen) atoms. The Hall–Kier alpha value is -1.89. The molecular weight excluding hydrogens is 550 g/mol. The highest BCUT2D eigenvalue weighted by Crippen LogP contribution is 2.55. The van der Waals surface area contributed by atoms with Gasteiger partial charge < -0.3 is 39.5 Å². The lowest BCUT2D eigenvalue weighted by atomic mass is 10.1. The lowest BCUT2D eigenvalue weighted by Crippen LogP contribution is -2.33. The molecule has 0 amide bonds. The van der Waals surface area contributed by atoms with Gasteiger partial charge in [0.05, 0.1) is 23.9 Å². The fourth-order valence-corrected chi connectivity index (χ4v) is 6.87. The van der Waals surface area contributed by atoms with Gasteiger partial charge in [-0.3, -0.25) is 9.13 Å². The molecule has 6 N–H and O–H groups in total. The van der Waals surface area contributed by atoms with Crippen LogP contribution in [0.1, 0.15) is 18.7 Å². The Morgan fingerprint density at radius 1 is 1.19 bits per heavy atom. The van der Waals surface area contributed by atoms with Crippen molar-refractivity contribution in [3.05, 3.63) is 53.3 Å². The molecule has 0 radical (unpaired) electrons. The Bertz CT molecular complexity index is 1340. The van der Waals surface area contributed by atoms with Crippen LogP contribution in [0, 0.1) is 0 Å². The summed E-state index contributed by atoms with van der Waals surface area (Å²) in [6.07, 6.45) is -3.37. The van der Waals surface area contributed by atoms with Crippen LogP contribution in [0.4, 0.5) is 5.69 Å². The van der Waals surface area contributed by atoms with Crippen molar-refractivity contribution in [3.63, 3.8) is 0 Å².